The number of aliphatic hydroxyl groups excluding tert-OH is 1. The normalized spacial score (nSPS) is 19.8. The Morgan fingerprint density at radius 3 is 2.83 bits per heavy atom. The van der Waals surface area contributed by atoms with Crippen LogP contribution < -0.4 is 0 Å². The molecule has 3 heteroatoms. The number of likely N-dealkylation sites (N-methyl/N-ethyl adjacent to an activating group) is 1. The molecule has 0 unspecified atom stereocenters. The fraction of sp³-hybridized carbons (Fsp3) is 0.333. The van der Waals surface area contributed by atoms with Crippen molar-refractivity contribution in [1.82, 2.24) is 4.90 Å². The second-order valence-corrected chi connectivity index (χ2v) is 6.13. The topological polar surface area (TPSA) is 23.5 Å². The van der Waals surface area contributed by atoms with E-state index in [1.54, 1.807) is 11.3 Å². The van der Waals surface area contributed by atoms with Gasteiger partial charge in [0.05, 0.1) is 6.61 Å². The minimum absolute atomic E-state index is 0.156. The summed E-state index contributed by atoms with van der Waals surface area (Å²) >= 11 is 1.75. The fourth-order valence-corrected chi connectivity index (χ4v) is 3.86. The van der Waals surface area contributed by atoms with E-state index in [9.17, 15) is 5.11 Å². The van der Waals surface area contributed by atoms with Crippen LogP contribution in [0.1, 0.15) is 26.8 Å². The third kappa shape index (κ3) is 2.09. The van der Waals surface area contributed by atoms with Crippen LogP contribution in [-0.2, 0) is 13.2 Å². The number of rotatable bonds is 2. The first-order chi connectivity index (χ1) is 8.78. The molecule has 94 valence electrons. The minimum atomic E-state index is 0.156. The minimum Gasteiger partial charge on any atom is -0.391 e. The molecule has 3 rings (SSSR count). The molecule has 0 saturated carbocycles. The summed E-state index contributed by atoms with van der Waals surface area (Å²) in [5, 5.41) is 9.31. The monoisotopic (exact) mass is 259 g/mol. The fourth-order valence-electron chi connectivity index (χ4n) is 2.69. The van der Waals surface area contributed by atoms with Crippen LogP contribution in [0.2, 0.25) is 0 Å². The maximum absolute atomic E-state index is 9.31. The van der Waals surface area contributed by atoms with Crippen LogP contribution in [0, 0.1) is 0 Å². The van der Waals surface area contributed by atoms with Crippen molar-refractivity contribution in [3.63, 3.8) is 0 Å². The first kappa shape index (κ1) is 11.9. The largest absolute Gasteiger partial charge is 0.391 e. The highest BCUT2D eigenvalue weighted by Gasteiger charge is 2.26. The molecule has 0 amide bonds. The third-order valence-corrected chi connectivity index (χ3v) is 4.65. The van der Waals surface area contributed by atoms with Gasteiger partial charge in [0.1, 0.15) is 0 Å². The van der Waals surface area contributed by atoms with E-state index < -0.39 is 0 Å². The molecule has 0 saturated heterocycles. The van der Waals surface area contributed by atoms with Gasteiger partial charge in [0.2, 0.25) is 0 Å². The van der Waals surface area contributed by atoms with E-state index in [4.69, 9.17) is 0 Å². The highest BCUT2D eigenvalue weighted by atomic mass is 32.1. The molecule has 2 aromatic rings. The lowest BCUT2D eigenvalue weighted by atomic mass is 9.88. The van der Waals surface area contributed by atoms with Gasteiger partial charge in [-0.15, -0.1) is 11.3 Å². The number of hydrogen-bond donors (Lipinski definition) is 1. The summed E-state index contributed by atoms with van der Waals surface area (Å²) in [7, 11) is 2.16. The average Bonchev–Trinajstić information content (AvgIpc) is 2.81. The van der Waals surface area contributed by atoms with Gasteiger partial charge in [0.15, 0.2) is 0 Å². The first-order valence-electron chi connectivity index (χ1n) is 6.23. The van der Waals surface area contributed by atoms with Crippen LogP contribution >= 0.6 is 11.3 Å². The predicted octanol–water partition coefficient (Wildman–Crippen LogP) is 2.82. The van der Waals surface area contributed by atoms with Crippen LogP contribution in [0.3, 0.4) is 0 Å². The zero-order chi connectivity index (χ0) is 12.5. The Balaban J connectivity index is 2.04. The molecule has 1 atom stereocenters. The molecule has 1 aliphatic rings. The summed E-state index contributed by atoms with van der Waals surface area (Å²) < 4.78 is 0. The van der Waals surface area contributed by atoms with E-state index in [1.165, 1.54) is 16.0 Å². The van der Waals surface area contributed by atoms with Crippen molar-refractivity contribution in [1.29, 1.82) is 0 Å². The summed E-state index contributed by atoms with van der Waals surface area (Å²) in [4.78, 5) is 4.84. The van der Waals surface area contributed by atoms with Crippen molar-refractivity contribution in [2.75, 3.05) is 13.6 Å². The molecule has 2 nitrogen and oxygen atoms in total. The van der Waals surface area contributed by atoms with E-state index in [-0.39, 0.29) is 6.61 Å². The van der Waals surface area contributed by atoms with Crippen molar-refractivity contribution < 1.29 is 5.11 Å². The Bertz CT molecular complexity index is 535. The molecule has 1 N–H and O–H groups in total. The van der Waals surface area contributed by atoms with E-state index in [1.807, 2.05) is 0 Å². The molecule has 18 heavy (non-hydrogen) atoms. The van der Waals surface area contributed by atoms with E-state index >= 15 is 0 Å². The zero-order valence-electron chi connectivity index (χ0n) is 10.5. The highest BCUT2D eigenvalue weighted by molar-refractivity contribution is 7.12. The SMILES string of the molecule is CN1Cc2sc(CO)cc2[C@@H](c2ccccc2)C1. The maximum atomic E-state index is 9.31. The lowest BCUT2D eigenvalue weighted by molar-refractivity contribution is 0.285. The van der Waals surface area contributed by atoms with Crippen LogP contribution in [0.15, 0.2) is 36.4 Å². The number of fused-ring (bicyclic) bond motifs is 1. The van der Waals surface area contributed by atoms with Crippen molar-refractivity contribution >= 4 is 11.3 Å². The molecule has 1 aromatic carbocycles. The van der Waals surface area contributed by atoms with Crippen LogP contribution in [-0.4, -0.2) is 23.6 Å². The number of hydrogen-bond acceptors (Lipinski definition) is 3. The van der Waals surface area contributed by atoms with Crippen molar-refractivity contribution in [3.05, 3.63) is 57.3 Å². The molecule has 0 radical (unpaired) electrons. The Morgan fingerprint density at radius 2 is 2.11 bits per heavy atom. The Morgan fingerprint density at radius 1 is 1.33 bits per heavy atom. The average molecular weight is 259 g/mol. The third-order valence-electron chi connectivity index (χ3n) is 3.53. The van der Waals surface area contributed by atoms with Gasteiger partial charge < -0.3 is 10.0 Å². The second-order valence-electron chi connectivity index (χ2n) is 4.91. The Kier molecular flexibility index (Phi) is 3.20. The lowest BCUT2D eigenvalue weighted by Gasteiger charge is -2.30. The molecule has 0 aliphatic carbocycles. The van der Waals surface area contributed by atoms with Crippen LogP contribution in [0.5, 0.6) is 0 Å². The smallest absolute Gasteiger partial charge is 0.0774 e. The quantitative estimate of drug-likeness (QED) is 0.896. The van der Waals surface area contributed by atoms with Gasteiger partial charge in [-0.3, -0.25) is 0 Å². The molecule has 2 heterocycles. The number of nitrogens with zero attached hydrogens (tertiary/aromatic N) is 1. The maximum Gasteiger partial charge on any atom is 0.0774 e. The summed E-state index contributed by atoms with van der Waals surface area (Å²) in [5.41, 5.74) is 2.78. The van der Waals surface area contributed by atoms with E-state index in [2.05, 4.69) is 48.3 Å². The van der Waals surface area contributed by atoms with Gasteiger partial charge in [-0.05, 0) is 24.2 Å². The van der Waals surface area contributed by atoms with Crippen LogP contribution in [0.25, 0.3) is 0 Å². The standard InChI is InChI=1S/C15H17NOS/c1-16-8-14(11-5-3-2-4-6-11)13-7-12(10-17)18-15(13)9-16/h2-7,14,17H,8-10H2,1H3/t14-/m1/s1. The van der Waals surface area contributed by atoms with Gasteiger partial charge in [0, 0.05) is 28.8 Å². The van der Waals surface area contributed by atoms with Gasteiger partial charge in [-0.1, -0.05) is 30.3 Å². The lowest BCUT2D eigenvalue weighted by Crippen LogP contribution is -2.29. The highest BCUT2D eigenvalue weighted by Crippen LogP contribution is 2.37. The van der Waals surface area contributed by atoms with Gasteiger partial charge >= 0.3 is 0 Å². The number of thiophene rings is 1. The van der Waals surface area contributed by atoms with Crippen molar-refractivity contribution in [2.24, 2.45) is 0 Å². The zero-order valence-corrected chi connectivity index (χ0v) is 11.3. The molecule has 1 aromatic heterocycles. The van der Waals surface area contributed by atoms with E-state index in [0.717, 1.165) is 18.0 Å². The second kappa shape index (κ2) is 4.84. The van der Waals surface area contributed by atoms with Crippen LogP contribution in [0.4, 0.5) is 0 Å². The Hall–Kier alpha value is -1.16. The van der Waals surface area contributed by atoms with Gasteiger partial charge in [-0.25, -0.2) is 0 Å². The summed E-state index contributed by atoms with van der Waals surface area (Å²) in [5.74, 6) is 0.441. The van der Waals surface area contributed by atoms with Crippen molar-refractivity contribution in [3.8, 4) is 0 Å². The van der Waals surface area contributed by atoms with Gasteiger partial charge in [0.25, 0.3) is 0 Å². The number of aliphatic hydroxyl groups is 1. The molecular formula is C15H17NOS. The Labute approximate surface area is 112 Å². The van der Waals surface area contributed by atoms with Crippen molar-refractivity contribution in [2.45, 2.75) is 19.1 Å². The van der Waals surface area contributed by atoms with Gasteiger partial charge in [-0.2, -0.15) is 0 Å². The molecule has 0 bridgehead atoms. The number of benzene rings is 1. The summed E-state index contributed by atoms with van der Waals surface area (Å²) in [6, 6.07) is 12.8. The summed E-state index contributed by atoms with van der Waals surface area (Å²) in [6.45, 7) is 2.21. The van der Waals surface area contributed by atoms with E-state index in [0.29, 0.717) is 5.92 Å². The molecule has 1 aliphatic heterocycles. The summed E-state index contributed by atoms with van der Waals surface area (Å²) in [6.07, 6.45) is 0. The molecule has 0 spiro atoms. The molecule has 0 fully saturated rings. The predicted molar refractivity (Wildman–Crippen MR) is 74.9 cm³/mol. The first-order valence-corrected chi connectivity index (χ1v) is 7.05. The molecular weight excluding hydrogens is 242 g/mol.